The van der Waals surface area contributed by atoms with Crippen LogP contribution in [0.1, 0.15) is 53.3 Å². The second kappa shape index (κ2) is 7.36. The molecule has 0 radical (unpaired) electrons. The smallest absolute Gasteiger partial charge is 0.296 e. The third-order valence-electron chi connectivity index (χ3n) is 4.48. The summed E-state index contributed by atoms with van der Waals surface area (Å²) in [6.07, 6.45) is 2.67. The summed E-state index contributed by atoms with van der Waals surface area (Å²) >= 11 is 0. The fourth-order valence-corrected chi connectivity index (χ4v) is 2.67. The molecule has 0 amide bonds. The first-order chi connectivity index (χ1) is 11.9. The molecule has 2 rings (SSSR count). The minimum Gasteiger partial charge on any atom is -0.480 e. The molecule has 0 spiro atoms. The molecule has 0 aliphatic rings. The number of nitrogens with two attached hydrogens (primary N) is 1. The van der Waals surface area contributed by atoms with Crippen molar-refractivity contribution in [2.45, 2.75) is 71.6 Å². The van der Waals surface area contributed by atoms with E-state index >= 15 is 0 Å². The number of aromatic hydroxyl groups is 1. The summed E-state index contributed by atoms with van der Waals surface area (Å²) < 4.78 is 1.48. The molecule has 0 aliphatic carbocycles. The van der Waals surface area contributed by atoms with Crippen LogP contribution >= 0.6 is 0 Å². The molecular formula is C18H32N6O2. The zero-order valence-electron chi connectivity index (χ0n) is 16.7. The molecule has 0 aliphatic heterocycles. The van der Waals surface area contributed by atoms with Gasteiger partial charge in [-0.1, -0.05) is 0 Å². The van der Waals surface area contributed by atoms with Crippen molar-refractivity contribution in [1.29, 1.82) is 0 Å². The average molecular weight is 364 g/mol. The van der Waals surface area contributed by atoms with Gasteiger partial charge in [-0.25, -0.2) is 9.97 Å². The fourth-order valence-electron chi connectivity index (χ4n) is 2.67. The van der Waals surface area contributed by atoms with Crippen molar-refractivity contribution in [3.8, 4) is 6.01 Å². The van der Waals surface area contributed by atoms with Crippen molar-refractivity contribution >= 4 is 17.0 Å². The third-order valence-corrected chi connectivity index (χ3v) is 4.48. The van der Waals surface area contributed by atoms with Gasteiger partial charge in [0, 0.05) is 12.0 Å². The number of hydrogen-bond acceptors (Lipinski definition) is 7. The van der Waals surface area contributed by atoms with Crippen molar-refractivity contribution in [2.24, 2.45) is 0 Å². The SMILES string of the molecule is CN(CCCCc1nc(N)c2nc(O)n(CC(C)(C)O)c2n1)C(C)(C)C. The Morgan fingerprint density at radius 1 is 1.08 bits per heavy atom. The Bertz CT molecular complexity index is 758. The Kier molecular flexibility index (Phi) is 5.77. The van der Waals surface area contributed by atoms with Gasteiger partial charge in [0.05, 0.1) is 12.1 Å². The molecule has 2 aromatic rings. The molecule has 8 nitrogen and oxygen atoms in total. The molecular weight excluding hydrogens is 332 g/mol. The number of unbranched alkanes of at least 4 members (excludes halogenated alkanes) is 1. The van der Waals surface area contributed by atoms with Crippen LogP contribution in [-0.2, 0) is 13.0 Å². The average Bonchev–Trinajstić information content (AvgIpc) is 2.78. The highest BCUT2D eigenvalue weighted by molar-refractivity contribution is 5.82. The highest BCUT2D eigenvalue weighted by Crippen LogP contribution is 2.25. The molecule has 0 atom stereocenters. The number of anilines is 1. The zero-order chi connectivity index (χ0) is 19.7. The number of nitrogen functional groups attached to an aromatic ring is 1. The van der Waals surface area contributed by atoms with Crippen LogP contribution in [0.25, 0.3) is 11.2 Å². The van der Waals surface area contributed by atoms with Gasteiger partial charge >= 0.3 is 0 Å². The van der Waals surface area contributed by atoms with E-state index < -0.39 is 5.60 Å². The van der Waals surface area contributed by atoms with Crippen molar-refractivity contribution in [2.75, 3.05) is 19.3 Å². The van der Waals surface area contributed by atoms with Crippen LogP contribution in [0.15, 0.2) is 0 Å². The molecule has 0 fully saturated rings. The van der Waals surface area contributed by atoms with Crippen LogP contribution in [0.4, 0.5) is 5.82 Å². The second-order valence-corrected chi connectivity index (χ2v) is 8.56. The zero-order valence-corrected chi connectivity index (χ0v) is 16.7. The van der Waals surface area contributed by atoms with E-state index in [4.69, 9.17) is 5.73 Å². The fraction of sp³-hybridized carbons (Fsp3) is 0.722. The Morgan fingerprint density at radius 3 is 2.31 bits per heavy atom. The lowest BCUT2D eigenvalue weighted by Crippen LogP contribution is -2.38. The Balaban J connectivity index is 2.13. The first-order valence-corrected chi connectivity index (χ1v) is 9.04. The Morgan fingerprint density at radius 2 is 1.73 bits per heavy atom. The predicted octanol–water partition coefficient (Wildman–Crippen LogP) is 1.94. The lowest BCUT2D eigenvalue weighted by molar-refractivity contribution is 0.0600. The molecule has 0 saturated carbocycles. The molecule has 0 aromatic carbocycles. The summed E-state index contributed by atoms with van der Waals surface area (Å²) in [5, 5.41) is 20.1. The number of aryl methyl sites for hydroxylation is 1. The monoisotopic (exact) mass is 364 g/mol. The Labute approximate surface area is 155 Å². The summed E-state index contributed by atoms with van der Waals surface area (Å²) in [5.74, 6) is 0.881. The van der Waals surface area contributed by atoms with Gasteiger partial charge in [-0.05, 0) is 61.1 Å². The van der Waals surface area contributed by atoms with Crippen molar-refractivity contribution in [3.05, 3.63) is 5.82 Å². The molecule has 2 heterocycles. The lowest BCUT2D eigenvalue weighted by atomic mass is 10.1. The number of aromatic nitrogens is 4. The highest BCUT2D eigenvalue weighted by atomic mass is 16.3. The van der Waals surface area contributed by atoms with E-state index in [0.717, 1.165) is 19.4 Å². The van der Waals surface area contributed by atoms with Crippen molar-refractivity contribution < 1.29 is 10.2 Å². The van der Waals surface area contributed by atoms with Crippen molar-refractivity contribution in [3.63, 3.8) is 0 Å². The van der Waals surface area contributed by atoms with E-state index in [1.165, 1.54) is 4.57 Å². The van der Waals surface area contributed by atoms with Gasteiger partial charge < -0.3 is 20.8 Å². The number of rotatable bonds is 7. The maximum absolute atomic E-state index is 10.1. The number of hydrogen-bond donors (Lipinski definition) is 3. The molecule has 8 heteroatoms. The second-order valence-electron chi connectivity index (χ2n) is 8.56. The number of aliphatic hydroxyl groups is 1. The minimum atomic E-state index is -1.01. The summed E-state index contributed by atoms with van der Waals surface area (Å²) in [6, 6.07) is -0.216. The topological polar surface area (TPSA) is 113 Å². The van der Waals surface area contributed by atoms with E-state index in [9.17, 15) is 10.2 Å². The molecule has 146 valence electrons. The van der Waals surface area contributed by atoms with E-state index in [1.807, 2.05) is 0 Å². The van der Waals surface area contributed by atoms with E-state index in [2.05, 4.69) is 47.7 Å². The first kappa shape index (κ1) is 20.4. The van der Waals surface area contributed by atoms with Crippen LogP contribution < -0.4 is 5.73 Å². The van der Waals surface area contributed by atoms with Crippen LogP contribution in [0.5, 0.6) is 6.01 Å². The number of fused-ring (bicyclic) bond motifs is 1. The Hall–Kier alpha value is -1.93. The third kappa shape index (κ3) is 5.04. The number of nitrogens with zero attached hydrogens (tertiary/aromatic N) is 5. The van der Waals surface area contributed by atoms with Crippen LogP contribution in [0, 0.1) is 0 Å². The van der Waals surface area contributed by atoms with Crippen LogP contribution in [0.2, 0.25) is 0 Å². The maximum Gasteiger partial charge on any atom is 0.296 e. The van der Waals surface area contributed by atoms with Crippen LogP contribution in [0.3, 0.4) is 0 Å². The van der Waals surface area contributed by atoms with E-state index in [1.54, 1.807) is 13.8 Å². The van der Waals surface area contributed by atoms with Gasteiger partial charge in [-0.2, -0.15) is 4.98 Å². The van der Waals surface area contributed by atoms with Gasteiger partial charge in [0.25, 0.3) is 6.01 Å². The van der Waals surface area contributed by atoms with Gasteiger partial charge in [-0.15, -0.1) is 0 Å². The minimum absolute atomic E-state index is 0.154. The number of imidazole rings is 1. The van der Waals surface area contributed by atoms with Gasteiger partial charge in [0.1, 0.15) is 5.82 Å². The lowest BCUT2D eigenvalue weighted by Gasteiger charge is -2.31. The van der Waals surface area contributed by atoms with Gasteiger partial charge in [-0.3, -0.25) is 4.57 Å². The normalized spacial score (nSPS) is 13.1. The standard InChI is InChI=1S/C18H32N6O2/c1-17(2,3)23(6)10-8-7-9-12-20-14(19)13-15(21-12)24(16(25)22-13)11-18(4,5)26/h26H,7-11H2,1-6H3,(H,22,25)(H2,19,20,21). The van der Waals surface area contributed by atoms with E-state index in [0.29, 0.717) is 23.4 Å². The molecule has 2 aromatic heterocycles. The largest absolute Gasteiger partial charge is 0.480 e. The first-order valence-electron chi connectivity index (χ1n) is 9.04. The predicted molar refractivity (Wildman–Crippen MR) is 103 cm³/mol. The van der Waals surface area contributed by atoms with Gasteiger partial charge in [0.15, 0.2) is 17.0 Å². The van der Waals surface area contributed by atoms with Gasteiger partial charge in [0.2, 0.25) is 0 Å². The summed E-state index contributed by atoms with van der Waals surface area (Å²) in [5.41, 5.74) is 5.97. The molecule has 0 unspecified atom stereocenters. The summed E-state index contributed by atoms with van der Waals surface area (Å²) in [6.45, 7) is 11.1. The van der Waals surface area contributed by atoms with Crippen LogP contribution in [-0.4, -0.2) is 59.4 Å². The summed E-state index contributed by atoms with van der Waals surface area (Å²) in [7, 11) is 2.12. The quantitative estimate of drug-likeness (QED) is 0.643. The summed E-state index contributed by atoms with van der Waals surface area (Å²) in [4.78, 5) is 15.2. The molecule has 0 bridgehead atoms. The molecule has 4 N–H and O–H groups in total. The highest BCUT2D eigenvalue weighted by Gasteiger charge is 2.22. The molecule has 26 heavy (non-hydrogen) atoms. The van der Waals surface area contributed by atoms with E-state index in [-0.39, 0.29) is 23.9 Å². The maximum atomic E-state index is 10.1. The molecule has 0 saturated heterocycles. The van der Waals surface area contributed by atoms with Crippen molar-refractivity contribution in [1.82, 2.24) is 24.4 Å².